The van der Waals surface area contributed by atoms with Crippen molar-refractivity contribution in [1.29, 1.82) is 0 Å². The van der Waals surface area contributed by atoms with E-state index in [-0.39, 0.29) is 6.04 Å². The molecule has 2 heterocycles. The molecule has 1 atom stereocenters. The molecule has 0 amide bonds. The molecule has 1 N–H and O–H groups in total. The number of fused-ring (bicyclic) bond motifs is 1. The minimum Gasteiger partial charge on any atom is -0.303 e. The van der Waals surface area contributed by atoms with Gasteiger partial charge in [-0.1, -0.05) is 24.3 Å². The summed E-state index contributed by atoms with van der Waals surface area (Å²) >= 11 is 0. The Morgan fingerprint density at radius 3 is 2.76 bits per heavy atom. The van der Waals surface area contributed by atoms with Crippen LogP contribution in [-0.2, 0) is 6.54 Å². The zero-order valence-corrected chi connectivity index (χ0v) is 12.7. The molecule has 0 aliphatic carbocycles. The van der Waals surface area contributed by atoms with Gasteiger partial charge in [-0.25, -0.2) is 0 Å². The van der Waals surface area contributed by atoms with Crippen molar-refractivity contribution in [2.45, 2.75) is 33.4 Å². The average Bonchev–Trinajstić information content (AvgIpc) is 2.92. The van der Waals surface area contributed by atoms with Gasteiger partial charge >= 0.3 is 0 Å². The maximum absolute atomic E-state index is 4.29. The van der Waals surface area contributed by atoms with E-state index in [2.05, 4.69) is 54.5 Å². The van der Waals surface area contributed by atoms with Crippen LogP contribution in [0.1, 0.15) is 35.5 Å². The lowest BCUT2D eigenvalue weighted by molar-refractivity contribution is 0.541. The first-order valence-corrected chi connectivity index (χ1v) is 7.24. The predicted octanol–water partition coefficient (Wildman–Crippen LogP) is 3.20. The third kappa shape index (κ3) is 2.81. The fourth-order valence-corrected chi connectivity index (χ4v) is 2.43. The Balaban J connectivity index is 1.74. The highest BCUT2D eigenvalue weighted by Gasteiger charge is 2.12. The van der Waals surface area contributed by atoms with Crippen LogP contribution in [0.2, 0.25) is 0 Å². The molecule has 4 nitrogen and oxygen atoms in total. The molecular formula is C17H20N4. The van der Waals surface area contributed by atoms with E-state index in [4.69, 9.17) is 0 Å². The summed E-state index contributed by atoms with van der Waals surface area (Å²) in [5.41, 5.74) is 4.83. The van der Waals surface area contributed by atoms with E-state index >= 15 is 0 Å². The van der Waals surface area contributed by atoms with Crippen LogP contribution in [0.5, 0.6) is 0 Å². The summed E-state index contributed by atoms with van der Waals surface area (Å²) in [7, 11) is 0. The number of pyridine rings is 1. The summed E-state index contributed by atoms with van der Waals surface area (Å²) in [6, 6.07) is 12.7. The molecule has 0 radical (unpaired) electrons. The van der Waals surface area contributed by atoms with E-state index < -0.39 is 0 Å². The molecule has 1 aromatic carbocycles. The van der Waals surface area contributed by atoms with Gasteiger partial charge in [0.2, 0.25) is 0 Å². The van der Waals surface area contributed by atoms with Crippen molar-refractivity contribution < 1.29 is 0 Å². The third-order valence-electron chi connectivity index (χ3n) is 3.91. The monoisotopic (exact) mass is 280 g/mol. The first-order valence-electron chi connectivity index (χ1n) is 7.24. The van der Waals surface area contributed by atoms with Gasteiger partial charge in [-0.05, 0) is 49.6 Å². The molecule has 0 spiro atoms. The van der Waals surface area contributed by atoms with Crippen LogP contribution in [0.4, 0.5) is 0 Å². The van der Waals surface area contributed by atoms with Crippen LogP contribution < -0.4 is 5.32 Å². The van der Waals surface area contributed by atoms with Crippen molar-refractivity contribution in [3.05, 3.63) is 65.1 Å². The first kappa shape index (κ1) is 13.8. The number of benzene rings is 1. The number of hydrogen-bond acceptors (Lipinski definition) is 3. The molecule has 4 heteroatoms. The number of rotatable bonds is 4. The number of hydrogen-bond donors (Lipinski definition) is 1. The van der Waals surface area contributed by atoms with Crippen LogP contribution in [0, 0.1) is 13.8 Å². The van der Waals surface area contributed by atoms with Crippen LogP contribution in [0.3, 0.4) is 0 Å². The lowest BCUT2D eigenvalue weighted by Gasteiger charge is -2.13. The van der Waals surface area contributed by atoms with Gasteiger partial charge < -0.3 is 5.32 Å². The van der Waals surface area contributed by atoms with Gasteiger partial charge in [-0.3, -0.25) is 4.40 Å². The smallest absolute Gasteiger partial charge is 0.160 e. The van der Waals surface area contributed by atoms with Gasteiger partial charge in [0.15, 0.2) is 11.5 Å². The SMILES string of the molecule is Cc1ccc(CNC(C)c2nnc3ccccn23)cc1C. The lowest BCUT2D eigenvalue weighted by Crippen LogP contribution is -2.20. The highest BCUT2D eigenvalue weighted by Crippen LogP contribution is 2.14. The summed E-state index contributed by atoms with van der Waals surface area (Å²) < 4.78 is 2.03. The average molecular weight is 280 g/mol. The predicted molar refractivity (Wildman–Crippen MR) is 84.2 cm³/mol. The van der Waals surface area contributed by atoms with Crippen molar-refractivity contribution in [2.24, 2.45) is 0 Å². The van der Waals surface area contributed by atoms with E-state index in [1.165, 1.54) is 16.7 Å². The van der Waals surface area contributed by atoms with E-state index in [1.807, 2.05) is 28.8 Å². The second-order valence-corrected chi connectivity index (χ2v) is 5.51. The zero-order valence-electron chi connectivity index (χ0n) is 12.7. The minimum atomic E-state index is 0.143. The molecule has 21 heavy (non-hydrogen) atoms. The molecule has 3 rings (SSSR count). The van der Waals surface area contributed by atoms with Gasteiger partial charge in [0.25, 0.3) is 0 Å². The van der Waals surface area contributed by atoms with Crippen LogP contribution >= 0.6 is 0 Å². The molecule has 0 bridgehead atoms. The molecule has 0 fully saturated rings. The fourth-order valence-electron chi connectivity index (χ4n) is 2.43. The van der Waals surface area contributed by atoms with Crippen LogP contribution in [0.25, 0.3) is 5.65 Å². The van der Waals surface area contributed by atoms with Crippen molar-refractivity contribution in [3.63, 3.8) is 0 Å². The Labute approximate surface area is 124 Å². The third-order valence-corrected chi connectivity index (χ3v) is 3.91. The second kappa shape index (κ2) is 5.66. The summed E-state index contributed by atoms with van der Waals surface area (Å²) in [6.45, 7) is 7.22. The maximum Gasteiger partial charge on any atom is 0.160 e. The Hall–Kier alpha value is -2.20. The Bertz CT molecular complexity index is 760. The zero-order chi connectivity index (χ0) is 14.8. The highest BCUT2D eigenvalue weighted by atomic mass is 15.3. The maximum atomic E-state index is 4.29. The number of nitrogens with one attached hydrogen (secondary N) is 1. The molecule has 0 aliphatic rings. The molecule has 3 aromatic rings. The molecule has 0 aliphatic heterocycles. The van der Waals surface area contributed by atoms with Gasteiger partial charge in [0.1, 0.15) is 0 Å². The quantitative estimate of drug-likeness (QED) is 0.798. The standard InChI is InChI=1S/C17H20N4/c1-12-7-8-15(10-13(12)2)11-18-14(3)17-20-19-16-6-4-5-9-21(16)17/h4-10,14,18H,11H2,1-3H3. The molecular weight excluding hydrogens is 260 g/mol. The highest BCUT2D eigenvalue weighted by molar-refractivity contribution is 5.37. The van der Waals surface area contributed by atoms with E-state index in [9.17, 15) is 0 Å². The first-order chi connectivity index (χ1) is 10.1. The largest absolute Gasteiger partial charge is 0.303 e. The topological polar surface area (TPSA) is 42.2 Å². The van der Waals surface area contributed by atoms with Gasteiger partial charge in [0, 0.05) is 12.7 Å². The summed E-state index contributed by atoms with van der Waals surface area (Å²) in [5.74, 6) is 0.939. The summed E-state index contributed by atoms with van der Waals surface area (Å²) in [4.78, 5) is 0. The minimum absolute atomic E-state index is 0.143. The summed E-state index contributed by atoms with van der Waals surface area (Å²) in [5, 5.41) is 12.0. The van der Waals surface area contributed by atoms with Gasteiger partial charge in [-0.2, -0.15) is 0 Å². The van der Waals surface area contributed by atoms with Crippen molar-refractivity contribution in [3.8, 4) is 0 Å². The fraction of sp³-hybridized carbons (Fsp3) is 0.294. The molecule has 0 saturated carbocycles. The molecule has 108 valence electrons. The van der Waals surface area contributed by atoms with Crippen molar-refractivity contribution in [2.75, 3.05) is 0 Å². The summed E-state index contributed by atoms with van der Waals surface area (Å²) in [6.07, 6.45) is 2.00. The Kier molecular flexibility index (Phi) is 3.71. The normalized spacial score (nSPS) is 12.7. The van der Waals surface area contributed by atoms with Gasteiger partial charge in [-0.15, -0.1) is 10.2 Å². The van der Waals surface area contributed by atoms with E-state index in [0.29, 0.717) is 0 Å². The number of aryl methyl sites for hydroxylation is 2. The molecule has 2 aromatic heterocycles. The lowest BCUT2D eigenvalue weighted by atomic mass is 10.1. The number of nitrogens with zero attached hydrogens (tertiary/aromatic N) is 3. The van der Waals surface area contributed by atoms with E-state index in [1.54, 1.807) is 0 Å². The van der Waals surface area contributed by atoms with Crippen LogP contribution in [-0.4, -0.2) is 14.6 Å². The number of aromatic nitrogens is 3. The second-order valence-electron chi connectivity index (χ2n) is 5.51. The molecule has 0 saturated heterocycles. The Morgan fingerprint density at radius 2 is 1.95 bits per heavy atom. The Morgan fingerprint density at radius 1 is 1.10 bits per heavy atom. The van der Waals surface area contributed by atoms with Crippen molar-refractivity contribution in [1.82, 2.24) is 19.9 Å². The van der Waals surface area contributed by atoms with E-state index in [0.717, 1.165) is 18.0 Å². The van der Waals surface area contributed by atoms with Gasteiger partial charge in [0.05, 0.1) is 6.04 Å². The van der Waals surface area contributed by atoms with Crippen LogP contribution in [0.15, 0.2) is 42.6 Å². The molecule has 1 unspecified atom stereocenters. The van der Waals surface area contributed by atoms with Crippen molar-refractivity contribution >= 4 is 5.65 Å².